The van der Waals surface area contributed by atoms with Crippen LogP contribution in [0.25, 0.3) is 0 Å². The molecule has 0 fully saturated rings. The highest BCUT2D eigenvalue weighted by Crippen LogP contribution is 2.47. The van der Waals surface area contributed by atoms with Gasteiger partial charge in [-0.05, 0) is 72.2 Å². The van der Waals surface area contributed by atoms with E-state index in [1.165, 1.54) is 27.9 Å². The molecule has 1 unspecified atom stereocenters. The Morgan fingerprint density at radius 2 is 1.71 bits per heavy atom. The highest BCUT2D eigenvalue weighted by Gasteiger charge is 2.39. The van der Waals surface area contributed by atoms with Crippen LogP contribution in [0, 0.1) is 19.3 Å². The van der Waals surface area contributed by atoms with Crippen molar-refractivity contribution in [2.24, 2.45) is 5.41 Å². The topological polar surface area (TPSA) is 12.0 Å². The van der Waals surface area contributed by atoms with Crippen LogP contribution >= 0.6 is 11.6 Å². The third-order valence-corrected chi connectivity index (χ3v) is 4.61. The van der Waals surface area contributed by atoms with E-state index in [1.54, 1.807) is 0 Å². The van der Waals surface area contributed by atoms with Crippen molar-refractivity contribution in [3.8, 4) is 0 Å². The molecule has 2 aromatic carbocycles. The Balaban J connectivity index is 1.99. The number of benzene rings is 2. The lowest BCUT2D eigenvalue weighted by atomic mass is 9.85. The number of nitrogens with one attached hydrogen (secondary N) is 1. The van der Waals surface area contributed by atoms with Crippen molar-refractivity contribution in [3.05, 3.63) is 63.7 Å². The Bertz CT molecular complexity index is 668. The smallest absolute Gasteiger partial charge is 0.0571 e. The van der Waals surface area contributed by atoms with Crippen LogP contribution in [0.15, 0.2) is 36.4 Å². The predicted molar refractivity (Wildman–Crippen MR) is 91.2 cm³/mol. The van der Waals surface area contributed by atoms with Crippen molar-refractivity contribution in [2.45, 2.75) is 40.2 Å². The SMILES string of the molecule is Cc1cc(C)cc(NC2c3cc(Cl)ccc3CC2(C)C)c1. The summed E-state index contributed by atoms with van der Waals surface area (Å²) < 4.78 is 0. The van der Waals surface area contributed by atoms with E-state index < -0.39 is 0 Å². The minimum Gasteiger partial charge on any atom is -0.378 e. The number of hydrogen-bond acceptors (Lipinski definition) is 1. The second kappa shape index (κ2) is 5.06. The molecular formula is C19H22ClN. The predicted octanol–water partition coefficient (Wildman–Crippen LogP) is 5.69. The van der Waals surface area contributed by atoms with Gasteiger partial charge in [0.15, 0.2) is 0 Å². The summed E-state index contributed by atoms with van der Waals surface area (Å²) in [6.45, 7) is 8.92. The number of halogens is 1. The van der Waals surface area contributed by atoms with Gasteiger partial charge in [-0.2, -0.15) is 0 Å². The van der Waals surface area contributed by atoms with E-state index in [9.17, 15) is 0 Å². The van der Waals surface area contributed by atoms with Crippen molar-refractivity contribution in [3.63, 3.8) is 0 Å². The molecule has 0 heterocycles. The van der Waals surface area contributed by atoms with Crippen LogP contribution in [0.3, 0.4) is 0 Å². The first kappa shape index (κ1) is 14.5. The maximum absolute atomic E-state index is 6.21. The van der Waals surface area contributed by atoms with Crippen molar-refractivity contribution in [1.29, 1.82) is 0 Å². The van der Waals surface area contributed by atoms with Gasteiger partial charge in [0.1, 0.15) is 0 Å². The average Bonchev–Trinajstić information content (AvgIpc) is 2.60. The van der Waals surface area contributed by atoms with E-state index in [-0.39, 0.29) is 5.41 Å². The third-order valence-electron chi connectivity index (χ3n) is 4.38. The largest absolute Gasteiger partial charge is 0.378 e. The molecule has 0 saturated carbocycles. The van der Waals surface area contributed by atoms with E-state index in [0.29, 0.717) is 6.04 Å². The van der Waals surface area contributed by atoms with Crippen molar-refractivity contribution >= 4 is 17.3 Å². The van der Waals surface area contributed by atoms with E-state index in [2.05, 4.69) is 63.3 Å². The van der Waals surface area contributed by atoms with E-state index in [4.69, 9.17) is 11.6 Å². The third kappa shape index (κ3) is 2.80. The molecule has 110 valence electrons. The normalized spacial score (nSPS) is 19.4. The summed E-state index contributed by atoms with van der Waals surface area (Å²) in [6, 6.07) is 13.2. The molecule has 0 saturated heterocycles. The summed E-state index contributed by atoms with van der Waals surface area (Å²) in [7, 11) is 0. The van der Waals surface area contributed by atoms with Gasteiger partial charge in [-0.25, -0.2) is 0 Å². The quantitative estimate of drug-likeness (QED) is 0.751. The second-order valence-corrected chi connectivity index (χ2v) is 7.40. The molecule has 1 aliphatic rings. The molecule has 0 bridgehead atoms. The van der Waals surface area contributed by atoms with Gasteiger partial charge in [-0.1, -0.05) is 37.6 Å². The molecule has 21 heavy (non-hydrogen) atoms. The van der Waals surface area contributed by atoms with Gasteiger partial charge in [0, 0.05) is 10.7 Å². The van der Waals surface area contributed by atoms with E-state index in [0.717, 1.165) is 11.4 Å². The molecule has 0 aromatic heterocycles. The van der Waals surface area contributed by atoms with Crippen LogP contribution in [-0.2, 0) is 6.42 Å². The first-order valence-corrected chi connectivity index (χ1v) is 7.86. The number of hydrogen-bond donors (Lipinski definition) is 1. The zero-order valence-corrected chi connectivity index (χ0v) is 13.9. The second-order valence-electron chi connectivity index (χ2n) is 6.96. The van der Waals surface area contributed by atoms with Crippen molar-refractivity contribution < 1.29 is 0 Å². The van der Waals surface area contributed by atoms with Crippen LogP contribution in [0.1, 0.15) is 42.1 Å². The summed E-state index contributed by atoms with van der Waals surface area (Å²) in [5.74, 6) is 0. The fourth-order valence-corrected chi connectivity index (χ4v) is 3.69. The molecule has 1 aliphatic carbocycles. The molecule has 1 atom stereocenters. The average molecular weight is 300 g/mol. The number of rotatable bonds is 2. The number of fused-ring (bicyclic) bond motifs is 1. The lowest BCUT2D eigenvalue weighted by Gasteiger charge is -2.30. The molecule has 0 amide bonds. The number of anilines is 1. The summed E-state index contributed by atoms with van der Waals surface area (Å²) >= 11 is 6.21. The zero-order valence-electron chi connectivity index (χ0n) is 13.1. The summed E-state index contributed by atoms with van der Waals surface area (Å²) in [4.78, 5) is 0. The minimum absolute atomic E-state index is 0.185. The summed E-state index contributed by atoms with van der Waals surface area (Å²) in [5, 5.41) is 4.56. The molecular weight excluding hydrogens is 278 g/mol. The molecule has 0 radical (unpaired) electrons. The summed E-state index contributed by atoms with van der Waals surface area (Å²) in [5.41, 5.74) is 6.71. The molecule has 3 rings (SSSR count). The van der Waals surface area contributed by atoms with Gasteiger partial charge < -0.3 is 5.32 Å². The standard InChI is InChI=1S/C19H22ClN/c1-12-7-13(2)9-16(8-12)21-18-17-10-15(20)6-5-14(17)11-19(18,3)4/h5-10,18,21H,11H2,1-4H3. The van der Waals surface area contributed by atoms with Crippen molar-refractivity contribution in [1.82, 2.24) is 0 Å². The van der Waals surface area contributed by atoms with E-state index >= 15 is 0 Å². The monoisotopic (exact) mass is 299 g/mol. The maximum Gasteiger partial charge on any atom is 0.0571 e. The first-order valence-electron chi connectivity index (χ1n) is 7.48. The molecule has 2 heteroatoms. The van der Waals surface area contributed by atoms with Gasteiger partial charge in [-0.15, -0.1) is 0 Å². The first-order chi connectivity index (χ1) is 9.85. The van der Waals surface area contributed by atoms with Crippen LogP contribution < -0.4 is 5.32 Å². The lowest BCUT2D eigenvalue weighted by Crippen LogP contribution is -2.24. The molecule has 0 spiro atoms. The van der Waals surface area contributed by atoms with Gasteiger partial charge in [0.25, 0.3) is 0 Å². The zero-order chi connectivity index (χ0) is 15.2. The van der Waals surface area contributed by atoms with E-state index in [1.807, 2.05) is 6.07 Å². The van der Waals surface area contributed by atoms with Gasteiger partial charge in [0.05, 0.1) is 6.04 Å². The number of aryl methyl sites for hydroxylation is 2. The Kier molecular flexibility index (Phi) is 3.49. The summed E-state index contributed by atoms with van der Waals surface area (Å²) in [6.07, 6.45) is 1.09. The molecule has 2 aromatic rings. The maximum atomic E-state index is 6.21. The van der Waals surface area contributed by atoms with Crippen LogP contribution in [0.2, 0.25) is 5.02 Å². The molecule has 1 N–H and O–H groups in total. The highest BCUT2D eigenvalue weighted by atomic mass is 35.5. The highest BCUT2D eigenvalue weighted by molar-refractivity contribution is 6.30. The Labute approximate surface area is 132 Å². The fraction of sp³-hybridized carbons (Fsp3) is 0.368. The van der Waals surface area contributed by atoms with Crippen LogP contribution in [0.5, 0.6) is 0 Å². The Morgan fingerprint density at radius 1 is 1.05 bits per heavy atom. The fourth-order valence-electron chi connectivity index (χ4n) is 3.51. The minimum atomic E-state index is 0.185. The molecule has 1 nitrogen and oxygen atoms in total. The molecule has 0 aliphatic heterocycles. The van der Waals surface area contributed by atoms with Gasteiger partial charge in [-0.3, -0.25) is 0 Å². The Hall–Kier alpha value is -1.47. The van der Waals surface area contributed by atoms with Gasteiger partial charge >= 0.3 is 0 Å². The Morgan fingerprint density at radius 3 is 2.38 bits per heavy atom. The van der Waals surface area contributed by atoms with Gasteiger partial charge in [0.2, 0.25) is 0 Å². The van der Waals surface area contributed by atoms with Crippen LogP contribution in [-0.4, -0.2) is 0 Å². The van der Waals surface area contributed by atoms with Crippen LogP contribution in [0.4, 0.5) is 5.69 Å². The lowest BCUT2D eigenvalue weighted by molar-refractivity contribution is 0.337. The van der Waals surface area contributed by atoms with Crippen molar-refractivity contribution in [2.75, 3.05) is 5.32 Å².